The highest BCUT2D eigenvalue weighted by Crippen LogP contribution is 2.40. The molecule has 0 bridgehead atoms. The van der Waals surface area contributed by atoms with Crippen molar-refractivity contribution in [1.29, 1.82) is 0 Å². The van der Waals surface area contributed by atoms with Gasteiger partial charge in [-0.05, 0) is 43.2 Å². The van der Waals surface area contributed by atoms with Crippen molar-refractivity contribution in [3.8, 4) is 11.5 Å². The zero-order valence-electron chi connectivity index (χ0n) is 10.9. The minimum atomic E-state index is 0.202. The molecule has 1 aromatic carbocycles. The number of halogens is 1. The van der Waals surface area contributed by atoms with Gasteiger partial charge in [-0.15, -0.1) is 11.3 Å². The van der Waals surface area contributed by atoms with Gasteiger partial charge in [-0.2, -0.15) is 0 Å². The summed E-state index contributed by atoms with van der Waals surface area (Å²) in [6.07, 6.45) is 0. The molecule has 0 saturated carbocycles. The molecule has 0 N–H and O–H groups in total. The van der Waals surface area contributed by atoms with Gasteiger partial charge in [0.1, 0.15) is 13.2 Å². The summed E-state index contributed by atoms with van der Waals surface area (Å²) in [5.74, 6) is 1.69. The van der Waals surface area contributed by atoms with Gasteiger partial charge in [0.2, 0.25) is 0 Å². The van der Waals surface area contributed by atoms with Gasteiger partial charge in [0.15, 0.2) is 11.5 Å². The van der Waals surface area contributed by atoms with Crippen LogP contribution in [0.15, 0.2) is 24.3 Å². The summed E-state index contributed by atoms with van der Waals surface area (Å²) in [4.78, 5) is 2.90. The molecule has 2 aromatic rings. The first kappa shape index (κ1) is 13.0. The fourth-order valence-electron chi connectivity index (χ4n) is 2.30. The molecule has 0 fully saturated rings. The van der Waals surface area contributed by atoms with Crippen LogP contribution in [0.3, 0.4) is 0 Å². The highest BCUT2D eigenvalue weighted by atomic mass is 79.9. The van der Waals surface area contributed by atoms with E-state index >= 15 is 0 Å². The Morgan fingerprint density at radius 2 is 1.84 bits per heavy atom. The summed E-state index contributed by atoms with van der Waals surface area (Å²) in [6.45, 7) is 5.57. The van der Waals surface area contributed by atoms with Crippen LogP contribution in [0.2, 0.25) is 0 Å². The van der Waals surface area contributed by atoms with E-state index in [1.165, 1.54) is 20.9 Å². The smallest absolute Gasteiger partial charge is 0.161 e. The second-order valence-electron chi connectivity index (χ2n) is 4.63. The van der Waals surface area contributed by atoms with Crippen molar-refractivity contribution in [2.75, 3.05) is 13.2 Å². The second-order valence-corrected chi connectivity index (χ2v) is 7.01. The van der Waals surface area contributed by atoms with Crippen LogP contribution in [-0.4, -0.2) is 13.2 Å². The topological polar surface area (TPSA) is 18.5 Å². The molecule has 0 radical (unpaired) electrons. The van der Waals surface area contributed by atoms with Gasteiger partial charge in [0.25, 0.3) is 0 Å². The molecule has 0 amide bonds. The van der Waals surface area contributed by atoms with Gasteiger partial charge in [-0.3, -0.25) is 0 Å². The lowest BCUT2D eigenvalue weighted by Crippen LogP contribution is -2.15. The molecule has 19 heavy (non-hydrogen) atoms. The number of hydrogen-bond donors (Lipinski definition) is 0. The SMILES string of the molecule is Cc1cc(C(Br)c2ccc3c(c2)OCCO3)c(C)s1. The number of fused-ring (bicyclic) bond motifs is 1. The Labute approximate surface area is 125 Å². The molecule has 2 nitrogen and oxygen atoms in total. The predicted octanol–water partition coefficient (Wildman–Crippen LogP) is 4.62. The summed E-state index contributed by atoms with van der Waals surface area (Å²) in [6, 6.07) is 8.41. The van der Waals surface area contributed by atoms with Crippen molar-refractivity contribution >= 4 is 27.3 Å². The predicted molar refractivity (Wildman–Crippen MR) is 82.0 cm³/mol. The number of hydrogen-bond acceptors (Lipinski definition) is 3. The van der Waals surface area contributed by atoms with Crippen LogP contribution in [0.1, 0.15) is 25.7 Å². The zero-order valence-corrected chi connectivity index (χ0v) is 13.3. The Morgan fingerprint density at radius 3 is 2.53 bits per heavy atom. The molecule has 1 aromatic heterocycles. The number of aryl methyl sites for hydroxylation is 2. The molecule has 4 heteroatoms. The maximum Gasteiger partial charge on any atom is 0.161 e. The minimum absolute atomic E-state index is 0.202. The summed E-state index contributed by atoms with van der Waals surface area (Å²) in [7, 11) is 0. The molecule has 0 spiro atoms. The molecule has 0 aliphatic carbocycles. The van der Waals surface area contributed by atoms with E-state index < -0.39 is 0 Å². The molecule has 1 atom stereocenters. The van der Waals surface area contributed by atoms with Crippen LogP contribution < -0.4 is 9.47 Å². The maximum atomic E-state index is 5.64. The summed E-state index contributed by atoms with van der Waals surface area (Å²) < 4.78 is 11.2. The lowest BCUT2D eigenvalue weighted by molar-refractivity contribution is 0.171. The number of alkyl halides is 1. The van der Waals surface area contributed by atoms with Gasteiger partial charge in [-0.1, -0.05) is 22.0 Å². The monoisotopic (exact) mass is 338 g/mol. The Hall–Kier alpha value is -1.00. The van der Waals surface area contributed by atoms with Crippen LogP contribution in [0.4, 0.5) is 0 Å². The largest absolute Gasteiger partial charge is 0.486 e. The first-order chi connectivity index (χ1) is 9.15. The molecule has 0 saturated heterocycles. The van der Waals surface area contributed by atoms with Crippen molar-refractivity contribution in [1.82, 2.24) is 0 Å². The van der Waals surface area contributed by atoms with Crippen molar-refractivity contribution < 1.29 is 9.47 Å². The Balaban J connectivity index is 1.95. The fourth-order valence-corrected chi connectivity index (χ4v) is 4.17. The van der Waals surface area contributed by atoms with E-state index in [4.69, 9.17) is 9.47 Å². The van der Waals surface area contributed by atoms with E-state index in [-0.39, 0.29) is 4.83 Å². The molecule has 1 aliphatic rings. The quantitative estimate of drug-likeness (QED) is 0.744. The number of ether oxygens (including phenoxy) is 2. The number of thiophene rings is 1. The molecule has 100 valence electrons. The Bertz CT molecular complexity index is 606. The van der Waals surface area contributed by atoms with Crippen LogP contribution in [0.25, 0.3) is 0 Å². The lowest BCUT2D eigenvalue weighted by atomic mass is 10.0. The highest BCUT2D eigenvalue weighted by Gasteiger charge is 2.18. The van der Waals surface area contributed by atoms with Crippen LogP contribution in [-0.2, 0) is 0 Å². The van der Waals surface area contributed by atoms with Gasteiger partial charge < -0.3 is 9.47 Å². The molecule has 2 heterocycles. The number of rotatable bonds is 2. The molecule has 1 unspecified atom stereocenters. The van der Waals surface area contributed by atoms with Gasteiger partial charge in [0, 0.05) is 9.75 Å². The van der Waals surface area contributed by atoms with Crippen LogP contribution in [0.5, 0.6) is 11.5 Å². The van der Waals surface area contributed by atoms with Crippen molar-refractivity contribution in [2.45, 2.75) is 18.7 Å². The van der Waals surface area contributed by atoms with E-state index in [1.807, 2.05) is 17.4 Å². The van der Waals surface area contributed by atoms with Gasteiger partial charge in [-0.25, -0.2) is 0 Å². The van der Waals surface area contributed by atoms with E-state index in [0.717, 1.165) is 11.5 Å². The molecule has 3 rings (SSSR count). The molecular weight excluding hydrogens is 324 g/mol. The second kappa shape index (κ2) is 5.17. The first-order valence-electron chi connectivity index (χ1n) is 6.25. The fraction of sp³-hybridized carbons (Fsp3) is 0.333. The van der Waals surface area contributed by atoms with Gasteiger partial charge >= 0.3 is 0 Å². The zero-order chi connectivity index (χ0) is 13.4. The number of benzene rings is 1. The average Bonchev–Trinajstić information content (AvgIpc) is 2.76. The maximum absolute atomic E-state index is 5.64. The third kappa shape index (κ3) is 2.51. The van der Waals surface area contributed by atoms with Gasteiger partial charge in [0.05, 0.1) is 4.83 Å². The average molecular weight is 339 g/mol. The van der Waals surface area contributed by atoms with E-state index in [9.17, 15) is 0 Å². The van der Waals surface area contributed by atoms with Crippen molar-refractivity contribution in [3.63, 3.8) is 0 Å². The van der Waals surface area contributed by atoms with Crippen molar-refractivity contribution in [2.24, 2.45) is 0 Å². The summed E-state index contributed by atoms with van der Waals surface area (Å²) in [5.41, 5.74) is 2.53. The normalized spacial score (nSPS) is 15.3. The summed E-state index contributed by atoms with van der Waals surface area (Å²) in [5, 5.41) is 0. The Morgan fingerprint density at radius 1 is 1.11 bits per heavy atom. The molecular formula is C15H15BrO2S. The molecule has 1 aliphatic heterocycles. The van der Waals surface area contributed by atoms with E-state index in [0.29, 0.717) is 13.2 Å². The Kier molecular flexibility index (Phi) is 3.54. The third-order valence-electron chi connectivity index (χ3n) is 3.21. The lowest BCUT2D eigenvalue weighted by Gasteiger charge is -2.20. The standard InChI is InChI=1S/C15H15BrO2S/c1-9-7-12(10(2)19-9)15(16)11-3-4-13-14(8-11)18-6-5-17-13/h3-4,7-8,15H,5-6H2,1-2H3. The highest BCUT2D eigenvalue weighted by molar-refractivity contribution is 9.09. The minimum Gasteiger partial charge on any atom is -0.486 e. The van der Waals surface area contributed by atoms with E-state index in [1.54, 1.807) is 0 Å². The van der Waals surface area contributed by atoms with E-state index in [2.05, 4.69) is 48.0 Å². The third-order valence-corrected chi connectivity index (χ3v) is 5.21. The van der Waals surface area contributed by atoms with Crippen LogP contribution >= 0.6 is 27.3 Å². The first-order valence-corrected chi connectivity index (χ1v) is 7.99. The van der Waals surface area contributed by atoms with Crippen LogP contribution in [0, 0.1) is 13.8 Å². The summed E-state index contributed by atoms with van der Waals surface area (Å²) >= 11 is 5.63. The van der Waals surface area contributed by atoms with Crippen molar-refractivity contribution in [3.05, 3.63) is 45.1 Å².